The first-order valence-electron chi connectivity index (χ1n) is 14.1. The Balaban J connectivity index is 1.21. The van der Waals surface area contributed by atoms with Crippen LogP contribution >= 0.6 is 23.4 Å². The zero-order chi connectivity index (χ0) is 28.4. The zero-order valence-corrected chi connectivity index (χ0v) is 24.5. The highest BCUT2D eigenvalue weighted by atomic mass is 35.5. The van der Waals surface area contributed by atoms with Crippen molar-refractivity contribution in [3.8, 4) is 0 Å². The van der Waals surface area contributed by atoms with E-state index in [1.54, 1.807) is 21.9 Å². The number of carbonyl (C=O) groups is 3. The van der Waals surface area contributed by atoms with Crippen LogP contribution in [-0.2, 0) is 16.0 Å². The summed E-state index contributed by atoms with van der Waals surface area (Å²) in [5, 5.41) is 2.16. The lowest BCUT2D eigenvalue weighted by molar-refractivity contribution is -0.137. The standard InChI is InChI=1S/C30H36ClFN4O3S/c1-19(2)10-16-36-28(38)25(40-29(36)27-22(31)7-5-8-23(27)32)18-26(37)34-14-12-21(13-15-34)35-17-11-20-6-3-4-9-24(20)33-30(35)39/h3-9,19,21,25,29H,10-18H2,1-2H3,(H,33,39). The van der Waals surface area contributed by atoms with Gasteiger partial charge in [0.2, 0.25) is 11.8 Å². The van der Waals surface area contributed by atoms with Gasteiger partial charge in [0, 0.05) is 54.9 Å². The Morgan fingerprint density at radius 2 is 1.85 bits per heavy atom. The van der Waals surface area contributed by atoms with Crippen LogP contribution in [0.25, 0.3) is 0 Å². The molecule has 1 N–H and O–H groups in total. The molecule has 0 aliphatic carbocycles. The average molecular weight is 587 g/mol. The molecule has 0 spiro atoms. The number of nitrogens with zero attached hydrogens (tertiary/aromatic N) is 3. The van der Waals surface area contributed by atoms with Gasteiger partial charge in [0.05, 0.1) is 5.25 Å². The predicted molar refractivity (Wildman–Crippen MR) is 157 cm³/mol. The lowest BCUT2D eigenvalue weighted by atomic mass is 10.0. The second-order valence-corrected chi connectivity index (χ2v) is 12.9. The molecule has 2 unspecified atom stereocenters. The third kappa shape index (κ3) is 6.10. The number of halogens is 2. The Bertz CT molecular complexity index is 1250. The van der Waals surface area contributed by atoms with E-state index in [0.29, 0.717) is 50.5 Å². The van der Waals surface area contributed by atoms with Crippen molar-refractivity contribution >= 4 is 46.9 Å². The number of piperidine rings is 1. The monoisotopic (exact) mass is 586 g/mol. The molecule has 5 rings (SSSR count). The van der Waals surface area contributed by atoms with E-state index < -0.39 is 16.4 Å². The van der Waals surface area contributed by atoms with Crippen molar-refractivity contribution in [2.24, 2.45) is 5.92 Å². The van der Waals surface area contributed by atoms with Crippen LogP contribution in [0.4, 0.5) is 14.9 Å². The molecule has 0 radical (unpaired) electrons. The fraction of sp³-hybridized carbons (Fsp3) is 0.500. The number of amides is 4. The molecular formula is C30H36ClFN4O3S. The summed E-state index contributed by atoms with van der Waals surface area (Å²) in [7, 11) is 0. The summed E-state index contributed by atoms with van der Waals surface area (Å²) in [4.78, 5) is 45.2. The van der Waals surface area contributed by atoms with Gasteiger partial charge in [-0.05, 0) is 55.4 Å². The molecule has 10 heteroatoms. The van der Waals surface area contributed by atoms with Gasteiger partial charge in [-0.25, -0.2) is 9.18 Å². The molecule has 0 bridgehead atoms. The van der Waals surface area contributed by atoms with Gasteiger partial charge >= 0.3 is 6.03 Å². The molecule has 2 aromatic carbocycles. The molecular weight excluding hydrogens is 551 g/mol. The van der Waals surface area contributed by atoms with Gasteiger partial charge in [-0.1, -0.05) is 49.7 Å². The highest BCUT2D eigenvalue weighted by molar-refractivity contribution is 8.01. The summed E-state index contributed by atoms with van der Waals surface area (Å²) in [6.07, 6.45) is 3.01. The number of carbonyl (C=O) groups excluding carboxylic acids is 3. The summed E-state index contributed by atoms with van der Waals surface area (Å²) in [6.45, 7) is 6.35. The Labute approximate surface area is 244 Å². The van der Waals surface area contributed by atoms with Gasteiger partial charge in [-0.15, -0.1) is 11.8 Å². The summed E-state index contributed by atoms with van der Waals surface area (Å²) in [5.41, 5.74) is 2.29. The van der Waals surface area contributed by atoms with Gasteiger partial charge in [0.25, 0.3) is 0 Å². The summed E-state index contributed by atoms with van der Waals surface area (Å²) in [5.74, 6) is -0.292. The Hall–Kier alpha value is -2.78. The molecule has 40 heavy (non-hydrogen) atoms. The predicted octanol–water partition coefficient (Wildman–Crippen LogP) is 5.94. The van der Waals surface area contributed by atoms with E-state index in [0.717, 1.165) is 24.1 Å². The van der Waals surface area contributed by atoms with Crippen LogP contribution in [0.2, 0.25) is 5.02 Å². The number of thioether (sulfide) groups is 1. The molecule has 0 aromatic heterocycles. The number of fused-ring (bicyclic) bond motifs is 1. The minimum Gasteiger partial charge on any atom is -0.342 e. The Morgan fingerprint density at radius 3 is 2.58 bits per heavy atom. The Kier molecular flexibility index (Phi) is 8.90. The van der Waals surface area contributed by atoms with Crippen LogP contribution < -0.4 is 5.32 Å². The lowest BCUT2D eigenvalue weighted by Crippen LogP contribution is -2.50. The van der Waals surface area contributed by atoms with Crippen molar-refractivity contribution in [1.29, 1.82) is 0 Å². The van der Waals surface area contributed by atoms with Gasteiger partial charge in [0.15, 0.2) is 0 Å². The molecule has 7 nitrogen and oxygen atoms in total. The van der Waals surface area contributed by atoms with Crippen LogP contribution in [0.15, 0.2) is 42.5 Å². The minimum atomic E-state index is -0.590. The van der Waals surface area contributed by atoms with Crippen molar-refractivity contribution in [2.75, 3.05) is 31.5 Å². The van der Waals surface area contributed by atoms with Crippen LogP contribution in [0, 0.1) is 11.7 Å². The van der Waals surface area contributed by atoms with Gasteiger partial charge in [0.1, 0.15) is 11.2 Å². The van der Waals surface area contributed by atoms with E-state index in [-0.39, 0.29) is 35.3 Å². The molecule has 3 heterocycles. The smallest absolute Gasteiger partial charge is 0.322 e. The molecule has 3 aliphatic heterocycles. The third-order valence-corrected chi connectivity index (χ3v) is 9.86. The van der Waals surface area contributed by atoms with Crippen molar-refractivity contribution < 1.29 is 18.8 Å². The number of rotatable bonds is 7. The fourth-order valence-corrected chi connectivity index (χ4v) is 7.64. The van der Waals surface area contributed by atoms with Crippen molar-refractivity contribution in [2.45, 2.75) is 62.6 Å². The van der Waals surface area contributed by atoms with Crippen LogP contribution in [-0.4, -0.2) is 70.0 Å². The molecule has 2 atom stereocenters. The molecule has 3 aliphatic rings. The quantitative estimate of drug-likeness (QED) is 0.436. The van der Waals surface area contributed by atoms with Crippen molar-refractivity contribution in [3.05, 3.63) is 64.4 Å². The van der Waals surface area contributed by atoms with Gasteiger partial charge in [-0.3, -0.25) is 9.59 Å². The minimum absolute atomic E-state index is 0.0555. The van der Waals surface area contributed by atoms with E-state index in [4.69, 9.17) is 11.6 Å². The summed E-state index contributed by atoms with van der Waals surface area (Å²) in [6, 6.07) is 12.4. The maximum Gasteiger partial charge on any atom is 0.322 e. The van der Waals surface area contributed by atoms with E-state index >= 15 is 0 Å². The van der Waals surface area contributed by atoms with Crippen LogP contribution in [0.3, 0.4) is 0 Å². The molecule has 2 aromatic rings. The molecule has 0 saturated carbocycles. The topological polar surface area (TPSA) is 73.0 Å². The van der Waals surface area contributed by atoms with E-state index in [1.165, 1.54) is 17.8 Å². The fourth-order valence-electron chi connectivity index (χ4n) is 5.77. The molecule has 2 saturated heterocycles. The highest BCUT2D eigenvalue weighted by Gasteiger charge is 2.44. The van der Waals surface area contributed by atoms with Crippen molar-refractivity contribution in [3.63, 3.8) is 0 Å². The second kappa shape index (κ2) is 12.4. The number of benzene rings is 2. The van der Waals surface area contributed by atoms with Crippen LogP contribution in [0.5, 0.6) is 0 Å². The molecule has 214 valence electrons. The first-order chi connectivity index (χ1) is 19.2. The normalized spacial score (nSPS) is 22.0. The SMILES string of the molecule is CC(C)CCN1C(=O)C(CC(=O)N2CCC(N3CCc4ccccc4NC3=O)CC2)SC1c1c(F)cccc1Cl. The first-order valence-corrected chi connectivity index (χ1v) is 15.4. The van der Waals surface area contributed by atoms with E-state index in [2.05, 4.69) is 19.2 Å². The largest absolute Gasteiger partial charge is 0.342 e. The van der Waals surface area contributed by atoms with Crippen molar-refractivity contribution in [1.82, 2.24) is 14.7 Å². The summed E-state index contributed by atoms with van der Waals surface area (Å²) >= 11 is 7.70. The third-order valence-electron chi connectivity index (χ3n) is 8.09. The number of urea groups is 1. The highest BCUT2D eigenvalue weighted by Crippen LogP contribution is 2.47. The first kappa shape index (κ1) is 28.7. The summed E-state index contributed by atoms with van der Waals surface area (Å²) < 4.78 is 14.9. The maximum atomic E-state index is 14.9. The second-order valence-electron chi connectivity index (χ2n) is 11.2. The van der Waals surface area contributed by atoms with Gasteiger partial charge < -0.3 is 20.0 Å². The Morgan fingerprint density at radius 1 is 1.10 bits per heavy atom. The number of likely N-dealkylation sites (tertiary alicyclic amines) is 1. The van der Waals surface area contributed by atoms with E-state index in [9.17, 15) is 18.8 Å². The lowest BCUT2D eigenvalue weighted by Gasteiger charge is -2.38. The average Bonchev–Trinajstić information content (AvgIpc) is 3.11. The number of hydrogen-bond acceptors (Lipinski definition) is 4. The number of nitrogens with one attached hydrogen (secondary N) is 1. The number of para-hydroxylation sites is 1. The van der Waals surface area contributed by atoms with E-state index in [1.807, 2.05) is 29.2 Å². The maximum absolute atomic E-state index is 14.9. The molecule has 2 fully saturated rings. The zero-order valence-electron chi connectivity index (χ0n) is 22.9. The number of hydrogen-bond donors (Lipinski definition) is 1. The molecule has 4 amide bonds. The number of anilines is 1. The van der Waals surface area contributed by atoms with Gasteiger partial charge in [-0.2, -0.15) is 0 Å². The van der Waals surface area contributed by atoms with Crippen LogP contribution in [0.1, 0.15) is 56.0 Å².